The van der Waals surface area contributed by atoms with E-state index >= 15 is 0 Å². The third-order valence-electron chi connectivity index (χ3n) is 3.11. The van der Waals surface area contributed by atoms with Crippen molar-refractivity contribution in [3.05, 3.63) is 34.9 Å². The number of unbranched alkanes of at least 4 members (excludes halogenated alkanes) is 1. The van der Waals surface area contributed by atoms with Crippen LogP contribution in [0.25, 0.3) is 0 Å². The molecule has 0 atom stereocenters. The molecule has 1 heterocycles. The molecule has 0 bridgehead atoms. The Morgan fingerprint density at radius 3 is 3.17 bits per heavy atom. The van der Waals surface area contributed by atoms with Crippen molar-refractivity contribution in [1.29, 1.82) is 5.26 Å². The van der Waals surface area contributed by atoms with Gasteiger partial charge in [-0.2, -0.15) is 5.26 Å². The molecular formula is C14H17N3O. The van der Waals surface area contributed by atoms with Crippen molar-refractivity contribution in [3.8, 4) is 6.07 Å². The molecule has 0 spiro atoms. The topological polar surface area (TPSA) is 64.9 Å². The van der Waals surface area contributed by atoms with Crippen molar-refractivity contribution in [3.63, 3.8) is 0 Å². The summed E-state index contributed by atoms with van der Waals surface area (Å²) in [6.07, 6.45) is 2.21. The van der Waals surface area contributed by atoms with Gasteiger partial charge in [-0.3, -0.25) is 4.79 Å². The van der Waals surface area contributed by atoms with Crippen LogP contribution in [0.5, 0.6) is 0 Å². The minimum atomic E-state index is -0.0543. The number of nitrogens with zero attached hydrogens (tertiary/aromatic N) is 1. The van der Waals surface area contributed by atoms with Crippen LogP contribution in [-0.2, 0) is 13.0 Å². The maximum absolute atomic E-state index is 11.9. The Morgan fingerprint density at radius 2 is 2.33 bits per heavy atom. The van der Waals surface area contributed by atoms with E-state index < -0.39 is 0 Å². The third kappa shape index (κ3) is 3.08. The molecule has 4 heteroatoms. The first-order valence-corrected chi connectivity index (χ1v) is 6.29. The van der Waals surface area contributed by atoms with E-state index in [2.05, 4.69) is 16.7 Å². The van der Waals surface area contributed by atoms with Gasteiger partial charge in [0.25, 0.3) is 5.91 Å². The lowest BCUT2D eigenvalue weighted by atomic mass is 9.98. The molecule has 94 valence electrons. The van der Waals surface area contributed by atoms with E-state index in [1.807, 2.05) is 18.2 Å². The quantitative estimate of drug-likeness (QED) is 0.785. The zero-order valence-corrected chi connectivity index (χ0v) is 10.3. The van der Waals surface area contributed by atoms with E-state index in [0.717, 1.165) is 19.5 Å². The van der Waals surface area contributed by atoms with E-state index in [1.54, 1.807) is 0 Å². The molecule has 0 radical (unpaired) electrons. The van der Waals surface area contributed by atoms with Crippen LogP contribution in [0, 0.1) is 11.3 Å². The first kappa shape index (κ1) is 12.6. The molecule has 1 aromatic rings. The van der Waals surface area contributed by atoms with Crippen molar-refractivity contribution in [1.82, 2.24) is 10.6 Å². The summed E-state index contributed by atoms with van der Waals surface area (Å²) in [7, 11) is 0. The number of fused-ring (bicyclic) bond motifs is 1. The van der Waals surface area contributed by atoms with Gasteiger partial charge in [0.2, 0.25) is 0 Å². The monoisotopic (exact) mass is 243 g/mol. The predicted molar refractivity (Wildman–Crippen MR) is 69.0 cm³/mol. The van der Waals surface area contributed by atoms with Gasteiger partial charge in [0.1, 0.15) is 0 Å². The van der Waals surface area contributed by atoms with Gasteiger partial charge >= 0.3 is 0 Å². The summed E-state index contributed by atoms with van der Waals surface area (Å²) in [6.45, 7) is 2.40. The number of hydrogen-bond donors (Lipinski definition) is 2. The largest absolute Gasteiger partial charge is 0.352 e. The molecule has 2 N–H and O–H groups in total. The van der Waals surface area contributed by atoms with Crippen LogP contribution in [0.2, 0.25) is 0 Å². The standard InChI is InChI=1S/C14H17N3O/c15-6-1-2-7-17-14(18)12-4-3-11-5-8-16-10-13(11)9-12/h3-4,9,16H,1-2,5,7-8,10H2,(H,17,18). The maximum atomic E-state index is 11.9. The van der Waals surface area contributed by atoms with E-state index in [9.17, 15) is 4.79 Å². The molecule has 1 aliphatic heterocycles. The molecule has 1 aromatic carbocycles. The lowest BCUT2D eigenvalue weighted by Crippen LogP contribution is -2.27. The van der Waals surface area contributed by atoms with Gasteiger partial charge < -0.3 is 10.6 Å². The Balaban J connectivity index is 1.96. The van der Waals surface area contributed by atoms with Crippen LogP contribution >= 0.6 is 0 Å². The highest BCUT2D eigenvalue weighted by atomic mass is 16.1. The van der Waals surface area contributed by atoms with E-state index in [4.69, 9.17) is 5.26 Å². The van der Waals surface area contributed by atoms with E-state index in [0.29, 0.717) is 24.9 Å². The van der Waals surface area contributed by atoms with Crippen LogP contribution < -0.4 is 10.6 Å². The minimum Gasteiger partial charge on any atom is -0.352 e. The molecule has 0 aliphatic carbocycles. The molecule has 18 heavy (non-hydrogen) atoms. The van der Waals surface area contributed by atoms with Crippen molar-refractivity contribution < 1.29 is 4.79 Å². The molecule has 0 unspecified atom stereocenters. The predicted octanol–water partition coefficient (Wildman–Crippen LogP) is 1.37. The number of benzene rings is 1. The number of hydrogen-bond acceptors (Lipinski definition) is 3. The van der Waals surface area contributed by atoms with E-state index in [-0.39, 0.29) is 5.91 Å². The number of rotatable bonds is 4. The molecular weight excluding hydrogens is 226 g/mol. The van der Waals surface area contributed by atoms with Crippen LogP contribution in [0.3, 0.4) is 0 Å². The summed E-state index contributed by atoms with van der Waals surface area (Å²) < 4.78 is 0. The summed E-state index contributed by atoms with van der Waals surface area (Å²) >= 11 is 0. The Morgan fingerprint density at radius 1 is 1.44 bits per heavy atom. The second kappa shape index (κ2) is 6.18. The Kier molecular flexibility index (Phi) is 4.32. The zero-order valence-electron chi connectivity index (χ0n) is 10.3. The zero-order chi connectivity index (χ0) is 12.8. The number of nitriles is 1. The Labute approximate surface area is 107 Å². The third-order valence-corrected chi connectivity index (χ3v) is 3.11. The fourth-order valence-corrected chi connectivity index (χ4v) is 2.09. The summed E-state index contributed by atoms with van der Waals surface area (Å²) in [5.41, 5.74) is 3.25. The van der Waals surface area contributed by atoms with Crippen LogP contribution in [0.15, 0.2) is 18.2 Å². The highest BCUT2D eigenvalue weighted by Gasteiger charge is 2.11. The molecule has 1 aliphatic rings. The molecule has 0 aromatic heterocycles. The Hall–Kier alpha value is -1.86. The van der Waals surface area contributed by atoms with Crippen LogP contribution in [-0.4, -0.2) is 19.0 Å². The Bertz CT molecular complexity index is 476. The van der Waals surface area contributed by atoms with Gasteiger partial charge in [-0.25, -0.2) is 0 Å². The summed E-state index contributed by atoms with van der Waals surface area (Å²) in [6, 6.07) is 7.94. The van der Waals surface area contributed by atoms with Gasteiger partial charge in [-0.1, -0.05) is 6.07 Å². The second-order valence-electron chi connectivity index (χ2n) is 4.43. The average Bonchev–Trinajstić information content (AvgIpc) is 2.43. The summed E-state index contributed by atoms with van der Waals surface area (Å²) in [4.78, 5) is 11.9. The first-order valence-electron chi connectivity index (χ1n) is 6.29. The SMILES string of the molecule is N#CCCCNC(=O)c1ccc2c(c1)CNCC2. The average molecular weight is 243 g/mol. The first-order chi connectivity index (χ1) is 8.81. The molecule has 0 saturated carbocycles. The molecule has 4 nitrogen and oxygen atoms in total. The van der Waals surface area contributed by atoms with Gasteiger partial charge in [0, 0.05) is 25.1 Å². The molecule has 0 saturated heterocycles. The smallest absolute Gasteiger partial charge is 0.251 e. The van der Waals surface area contributed by atoms with Gasteiger partial charge in [0.15, 0.2) is 0 Å². The molecule has 2 rings (SSSR count). The van der Waals surface area contributed by atoms with Crippen molar-refractivity contribution in [2.24, 2.45) is 0 Å². The highest BCUT2D eigenvalue weighted by molar-refractivity contribution is 5.94. The van der Waals surface area contributed by atoms with Crippen LogP contribution in [0.1, 0.15) is 34.3 Å². The summed E-state index contributed by atoms with van der Waals surface area (Å²) in [5.74, 6) is -0.0543. The minimum absolute atomic E-state index is 0.0543. The molecule has 1 amide bonds. The lowest BCUT2D eigenvalue weighted by molar-refractivity contribution is 0.0953. The number of carbonyl (C=O) groups is 1. The second-order valence-corrected chi connectivity index (χ2v) is 4.43. The van der Waals surface area contributed by atoms with Crippen molar-refractivity contribution >= 4 is 5.91 Å². The fraction of sp³-hybridized carbons (Fsp3) is 0.429. The van der Waals surface area contributed by atoms with E-state index in [1.165, 1.54) is 11.1 Å². The van der Waals surface area contributed by atoms with Gasteiger partial charge in [-0.15, -0.1) is 0 Å². The number of nitrogens with one attached hydrogen (secondary N) is 2. The van der Waals surface area contributed by atoms with Gasteiger partial charge in [0.05, 0.1) is 6.07 Å². The normalized spacial score (nSPS) is 13.5. The van der Waals surface area contributed by atoms with Gasteiger partial charge in [-0.05, 0) is 42.6 Å². The van der Waals surface area contributed by atoms with Crippen molar-refractivity contribution in [2.75, 3.05) is 13.1 Å². The lowest BCUT2D eigenvalue weighted by Gasteiger charge is -2.17. The number of amides is 1. The van der Waals surface area contributed by atoms with Crippen molar-refractivity contribution in [2.45, 2.75) is 25.8 Å². The fourth-order valence-electron chi connectivity index (χ4n) is 2.09. The summed E-state index contributed by atoms with van der Waals surface area (Å²) in [5, 5.41) is 14.5. The maximum Gasteiger partial charge on any atom is 0.251 e. The van der Waals surface area contributed by atoms with Crippen LogP contribution in [0.4, 0.5) is 0 Å². The molecule has 0 fully saturated rings. The number of carbonyl (C=O) groups excluding carboxylic acids is 1. The highest BCUT2D eigenvalue weighted by Crippen LogP contribution is 2.15.